The van der Waals surface area contributed by atoms with Gasteiger partial charge in [0.25, 0.3) is 0 Å². The Labute approximate surface area is 101 Å². The summed E-state index contributed by atoms with van der Waals surface area (Å²) in [6.45, 7) is 2.17. The van der Waals surface area contributed by atoms with Crippen molar-refractivity contribution in [2.75, 3.05) is 12.3 Å². The molecule has 0 aromatic rings. The van der Waals surface area contributed by atoms with Gasteiger partial charge in [0.2, 0.25) is 5.91 Å². The molecule has 2 N–H and O–H groups in total. The van der Waals surface area contributed by atoms with E-state index >= 15 is 0 Å². The highest BCUT2D eigenvalue weighted by Gasteiger charge is 2.46. The lowest BCUT2D eigenvalue weighted by molar-refractivity contribution is -0.158. The molecule has 0 radical (unpaired) electrons. The summed E-state index contributed by atoms with van der Waals surface area (Å²) in [5, 5.41) is 12.0. The predicted octanol–water partition coefficient (Wildman–Crippen LogP) is 1.31. The van der Waals surface area contributed by atoms with Crippen molar-refractivity contribution in [3.05, 3.63) is 0 Å². The average Bonchev–Trinajstić information content (AvgIpc) is 2.26. The van der Waals surface area contributed by atoms with E-state index in [9.17, 15) is 14.7 Å². The number of amides is 1. The molecular weight excluding hydrogens is 226 g/mol. The van der Waals surface area contributed by atoms with Gasteiger partial charge in [0.15, 0.2) is 0 Å². The van der Waals surface area contributed by atoms with Gasteiger partial charge >= 0.3 is 5.97 Å². The van der Waals surface area contributed by atoms with Crippen molar-refractivity contribution in [3.8, 4) is 0 Å². The van der Waals surface area contributed by atoms with Crippen LogP contribution in [0.15, 0.2) is 0 Å². The smallest absolute Gasteiger partial charge is 0.310 e. The van der Waals surface area contributed by atoms with Crippen LogP contribution >= 0.6 is 12.6 Å². The second-order valence-electron chi connectivity index (χ2n) is 4.54. The minimum Gasteiger partial charge on any atom is -0.481 e. The molecule has 0 aromatic carbocycles. The highest BCUT2D eigenvalue weighted by molar-refractivity contribution is 7.80. The van der Waals surface area contributed by atoms with Gasteiger partial charge in [-0.3, -0.25) is 9.59 Å². The van der Waals surface area contributed by atoms with Crippen molar-refractivity contribution < 1.29 is 14.7 Å². The molecule has 0 aromatic heterocycles. The van der Waals surface area contributed by atoms with Gasteiger partial charge < -0.3 is 10.4 Å². The van der Waals surface area contributed by atoms with Crippen LogP contribution in [0.2, 0.25) is 0 Å². The molecule has 1 rings (SSSR count). The number of carbonyl (C=O) groups excluding carboxylic acids is 1. The maximum absolute atomic E-state index is 11.9. The van der Waals surface area contributed by atoms with Crippen LogP contribution in [0.3, 0.4) is 0 Å². The van der Waals surface area contributed by atoms with E-state index in [1.54, 1.807) is 6.92 Å². The molecule has 0 saturated heterocycles. The normalized spacial score (nSPS) is 29.8. The molecule has 0 spiro atoms. The first-order valence-electron chi connectivity index (χ1n) is 5.64. The summed E-state index contributed by atoms with van der Waals surface area (Å²) in [4.78, 5) is 23.1. The highest BCUT2D eigenvalue weighted by Crippen LogP contribution is 2.41. The van der Waals surface area contributed by atoms with Crippen LogP contribution in [0.5, 0.6) is 0 Å². The lowest BCUT2D eigenvalue weighted by atomic mass is 9.67. The van der Waals surface area contributed by atoms with Crippen LogP contribution in [0.1, 0.15) is 32.6 Å². The molecule has 4 nitrogen and oxygen atoms in total. The van der Waals surface area contributed by atoms with E-state index in [1.807, 2.05) is 0 Å². The zero-order valence-electron chi connectivity index (χ0n) is 9.53. The number of hydrogen-bond acceptors (Lipinski definition) is 3. The number of aliphatic carboxylic acids is 1. The molecule has 1 fully saturated rings. The minimum absolute atomic E-state index is 0.140. The van der Waals surface area contributed by atoms with E-state index in [4.69, 9.17) is 0 Å². The molecule has 92 valence electrons. The zero-order valence-corrected chi connectivity index (χ0v) is 10.4. The van der Waals surface area contributed by atoms with Crippen LogP contribution in [0.4, 0.5) is 0 Å². The van der Waals surface area contributed by atoms with Gasteiger partial charge in [-0.2, -0.15) is 12.6 Å². The quantitative estimate of drug-likeness (QED) is 0.654. The van der Waals surface area contributed by atoms with E-state index in [-0.39, 0.29) is 5.91 Å². The Bertz CT molecular complexity index is 282. The molecule has 1 aliphatic carbocycles. The third-order valence-electron chi connectivity index (χ3n) is 3.42. The van der Waals surface area contributed by atoms with E-state index in [0.29, 0.717) is 25.1 Å². The number of nitrogens with one attached hydrogen (secondary N) is 1. The van der Waals surface area contributed by atoms with Crippen LogP contribution in [-0.2, 0) is 9.59 Å². The number of carboxylic acid groups (broad SMARTS) is 1. The molecule has 1 amide bonds. The van der Waals surface area contributed by atoms with Crippen molar-refractivity contribution in [1.82, 2.24) is 5.32 Å². The minimum atomic E-state index is -0.904. The molecule has 0 bridgehead atoms. The number of carbonyl (C=O) groups is 2. The van der Waals surface area contributed by atoms with E-state index in [2.05, 4.69) is 17.9 Å². The summed E-state index contributed by atoms with van der Waals surface area (Å²) in [5.41, 5.74) is -0.904. The van der Waals surface area contributed by atoms with Crippen molar-refractivity contribution in [2.24, 2.45) is 11.3 Å². The standard InChI is InChI=1S/C11H19NO3S/c1-11(10(14)15)5-3-2-4-8(11)9(13)12-6-7-16/h8,16H,2-7H2,1H3,(H,12,13)(H,14,15). The summed E-state index contributed by atoms with van der Waals surface area (Å²) in [6.07, 6.45) is 3.07. The summed E-state index contributed by atoms with van der Waals surface area (Å²) < 4.78 is 0. The molecule has 5 heteroatoms. The third kappa shape index (κ3) is 2.70. The molecule has 2 atom stereocenters. The lowest BCUT2D eigenvalue weighted by Gasteiger charge is -2.36. The lowest BCUT2D eigenvalue weighted by Crippen LogP contribution is -2.47. The van der Waals surface area contributed by atoms with Crippen LogP contribution in [-0.4, -0.2) is 29.3 Å². The van der Waals surface area contributed by atoms with E-state index in [1.165, 1.54) is 0 Å². The first kappa shape index (κ1) is 13.4. The van der Waals surface area contributed by atoms with Crippen molar-refractivity contribution in [2.45, 2.75) is 32.6 Å². The van der Waals surface area contributed by atoms with Crippen LogP contribution in [0.25, 0.3) is 0 Å². The fourth-order valence-corrected chi connectivity index (χ4v) is 2.42. The monoisotopic (exact) mass is 245 g/mol. The van der Waals surface area contributed by atoms with Crippen LogP contribution < -0.4 is 5.32 Å². The fourth-order valence-electron chi connectivity index (χ4n) is 2.31. The maximum Gasteiger partial charge on any atom is 0.310 e. The van der Waals surface area contributed by atoms with Gasteiger partial charge in [-0.15, -0.1) is 0 Å². The predicted molar refractivity (Wildman–Crippen MR) is 64.6 cm³/mol. The summed E-state index contributed by atoms with van der Waals surface area (Å²) >= 11 is 4.01. The summed E-state index contributed by atoms with van der Waals surface area (Å²) in [5.74, 6) is -0.835. The second-order valence-corrected chi connectivity index (χ2v) is 4.98. The van der Waals surface area contributed by atoms with Crippen molar-refractivity contribution in [1.29, 1.82) is 0 Å². The Morgan fingerprint density at radius 3 is 2.75 bits per heavy atom. The summed E-state index contributed by atoms with van der Waals surface area (Å²) in [7, 11) is 0. The molecule has 16 heavy (non-hydrogen) atoms. The molecular formula is C11H19NO3S. The molecule has 2 unspecified atom stereocenters. The SMILES string of the molecule is CC1(C(=O)O)CCCCC1C(=O)NCCS. The first-order valence-corrected chi connectivity index (χ1v) is 6.27. The Morgan fingerprint density at radius 2 is 2.19 bits per heavy atom. The van der Waals surface area contributed by atoms with Gasteiger partial charge in [-0.25, -0.2) is 0 Å². The van der Waals surface area contributed by atoms with Gasteiger partial charge in [-0.1, -0.05) is 12.8 Å². The largest absolute Gasteiger partial charge is 0.481 e. The third-order valence-corrected chi connectivity index (χ3v) is 3.65. The Kier molecular flexibility index (Phi) is 4.65. The molecule has 1 saturated carbocycles. The van der Waals surface area contributed by atoms with Gasteiger partial charge in [0.1, 0.15) is 0 Å². The van der Waals surface area contributed by atoms with Gasteiger partial charge in [-0.05, 0) is 19.8 Å². The van der Waals surface area contributed by atoms with Crippen molar-refractivity contribution in [3.63, 3.8) is 0 Å². The number of thiol groups is 1. The molecule has 0 heterocycles. The zero-order chi connectivity index (χ0) is 12.2. The first-order chi connectivity index (χ1) is 7.52. The molecule has 0 aliphatic heterocycles. The molecule has 1 aliphatic rings. The van der Waals surface area contributed by atoms with Gasteiger partial charge in [0.05, 0.1) is 11.3 Å². The topological polar surface area (TPSA) is 66.4 Å². The fraction of sp³-hybridized carbons (Fsp3) is 0.818. The Hall–Kier alpha value is -0.710. The Balaban J connectivity index is 2.74. The van der Waals surface area contributed by atoms with Gasteiger partial charge in [0, 0.05) is 12.3 Å². The van der Waals surface area contributed by atoms with E-state index < -0.39 is 17.3 Å². The summed E-state index contributed by atoms with van der Waals surface area (Å²) in [6, 6.07) is 0. The number of rotatable bonds is 4. The highest BCUT2D eigenvalue weighted by atomic mass is 32.1. The van der Waals surface area contributed by atoms with E-state index in [0.717, 1.165) is 12.8 Å². The second kappa shape index (κ2) is 5.57. The van der Waals surface area contributed by atoms with Crippen LogP contribution in [0, 0.1) is 11.3 Å². The van der Waals surface area contributed by atoms with Crippen molar-refractivity contribution >= 4 is 24.5 Å². The Morgan fingerprint density at radius 1 is 1.50 bits per heavy atom. The number of hydrogen-bond donors (Lipinski definition) is 3. The number of carboxylic acids is 1. The maximum atomic E-state index is 11.9. The average molecular weight is 245 g/mol.